The lowest BCUT2D eigenvalue weighted by Gasteiger charge is -2.12. The van der Waals surface area contributed by atoms with Crippen LogP contribution in [0.1, 0.15) is 44.1 Å². The normalized spacial score (nSPS) is 15.6. The Kier molecular flexibility index (Phi) is 3.66. The van der Waals surface area contributed by atoms with Crippen molar-refractivity contribution in [2.24, 2.45) is 5.92 Å². The third-order valence-electron chi connectivity index (χ3n) is 2.72. The predicted molar refractivity (Wildman–Crippen MR) is 74.8 cm³/mol. The molecule has 0 atom stereocenters. The minimum Gasteiger partial charge on any atom is -0.372 e. The van der Waals surface area contributed by atoms with E-state index in [2.05, 4.69) is 46.7 Å². The topological polar surface area (TPSA) is 37.8 Å². The van der Waals surface area contributed by atoms with Crippen molar-refractivity contribution in [1.82, 2.24) is 9.97 Å². The highest BCUT2D eigenvalue weighted by molar-refractivity contribution is 14.1. The Bertz CT molecular complexity index is 386. The van der Waals surface area contributed by atoms with Crippen LogP contribution in [-0.4, -0.2) is 17.0 Å². The molecule has 0 saturated heterocycles. The van der Waals surface area contributed by atoms with Gasteiger partial charge >= 0.3 is 0 Å². The number of aromatic nitrogens is 2. The quantitative estimate of drug-likeness (QED) is 0.861. The van der Waals surface area contributed by atoms with E-state index >= 15 is 0 Å². The lowest BCUT2D eigenvalue weighted by atomic mass is 10.1. The number of rotatable bonds is 4. The van der Waals surface area contributed by atoms with E-state index in [1.807, 2.05) is 7.05 Å². The maximum atomic E-state index is 4.72. The molecule has 1 aliphatic carbocycles. The van der Waals surface area contributed by atoms with E-state index in [1.54, 1.807) is 0 Å². The van der Waals surface area contributed by atoms with Crippen molar-refractivity contribution in [2.75, 3.05) is 12.4 Å². The summed E-state index contributed by atoms with van der Waals surface area (Å²) in [6, 6.07) is 0. The van der Waals surface area contributed by atoms with Gasteiger partial charge in [-0.25, -0.2) is 9.97 Å². The summed E-state index contributed by atoms with van der Waals surface area (Å²) in [5.74, 6) is 3.30. The Hall–Kier alpha value is -0.390. The first-order valence-corrected chi connectivity index (χ1v) is 6.93. The number of hydrogen-bond donors (Lipinski definition) is 1. The molecule has 1 saturated carbocycles. The molecule has 0 radical (unpaired) electrons. The van der Waals surface area contributed by atoms with Gasteiger partial charge in [0.25, 0.3) is 0 Å². The molecule has 1 aliphatic rings. The second kappa shape index (κ2) is 4.85. The van der Waals surface area contributed by atoms with Crippen LogP contribution in [-0.2, 0) is 6.42 Å². The van der Waals surface area contributed by atoms with Gasteiger partial charge < -0.3 is 5.32 Å². The average Bonchev–Trinajstić information content (AvgIpc) is 3.04. The number of nitrogens with one attached hydrogen (secondary N) is 1. The molecule has 1 aromatic rings. The van der Waals surface area contributed by atoms with Gasteiger partial charge in [0.2, 0.25) is 0 Å². The van der Waals surface area contributed by atoms with Crippen LogP contribution in [0.3, 0.4) is 0 Å². The second-order valence-corrected chi connectivity index (χ2v) is 5.89. The number of anilines is 1. The molecule has 1 fully saturated rings. The molecule has 2 rings (SSSR count). The van der Waals surface area contributed by atoms with E-state index in [0.29, 0.717) is 11.8 Å². The zero-order chi connectivity index (χ0) is 11.7. The van der Waals surface area contributed by atoms with E-state index in [9.17, 15) is 0 Å². The largest absolute Gasteiger partial charge is 0.372 e. The van der Waals surface area contributed by atoms with Gasteiger partial charge in [-0.3, -0.25) is 0 Å². The molecule has 1 aromatic heterocycles. The monoisotopic (exact) mass is 331 g/mol. The number of nitrogens with zero attached hydrogens (tertiary/aromatic N) is 2. The third-order valence-corrected chi connectivity index (χ3v) is 3.85. The molecular formula is C12H18IN3. The van der Waals surface area contributed by atoms with Gasteiger partial charge in [-0.2, -0.15) is 0 Å². The average molecular weight is 331 g/mol. The smallest absolute Gasteiger partial charge is 0.143 e. The fraction of sp³-hybridized carbons (Fsp3) is 0.667. The van der Waals surface area contributed by atoms with Gasteiger partial charge in [0, 0.05) is 13.0 Å². The van der Waals surface area contributed by atoms with E-state index < -0.39 is 0 Å². The molecule has 0 aromatic carbocycles. The predicted octanol–water partition coefficient (Wildman–Crippen LogP) is 3.20. The van der Waals surface area contributed by atoms with Gasteiger partial charge in [0.05, 0.1) is 9.26 Å². The van der Waals surface area contributed by atoms with Crippen LogP contribution < -0.4 is 5.32 Å². The minimum atomic E-state index is 0.620. The molecular weight excluding hydrogens is 313 g/mol. The molecule has 0 aliphatic heterocycles. The van der Waals surface area contributed by atoms with Crippen LogP contribution >= 0.6 is 22.6 Å². The van der Waals surface area contributed by atoms with Gasteiger partial charge in [-0.15, -0.1) is 0 Å². The van der Waals surface area contributed by atoms with Gasteiger partial charge in [-0.05, 0) is 47.8 Å². The number of halogens is 1. The fourth-order valence-electron chi connectivity index (χ4n) is 1.72. The lowest BCUT2D eigenvalue weighted by molar-refractivity contribution is 0.628. The Morgan fingerprint density at radius 2 is 2.06 bits per heavy atom. The maximum Gasteiger partial charge on any atom is 0.143 e. The minimum absolute atomic E-state index is 0.620. The Balaban J connectivity index is 2.36. The molecule has 88 valence electrons. The molecule has 1 heterocycles. The Morgan fingerprint density at radius 3 is 2.56 bits per heavy atom. The van der Waals surface area contributed by atoms with Crippen molar-refractivity contribution < 1.29 is 0 Å². The summed E-state index contributed by atoms with van der Waals surface area (Å²) in [7, 11) is 1.93. The first kappa shape index (κ1) is 12.1. The van der Waals surface area contributed by atoms with Crippen LogP contribution in [0.25, 0.3) is 0 Å². The van der Waals surface area contributed by atoms with E-state index in [0.717, 1.165) is 18.1 Å². The van der Waals surface area contributed by atoms with Crippen LogP contribution in [0, 0.1) is 9.49 Å². The van der Waals surface area contributed by atoms with Crippen LogP contribution in [0.5, 0.6) is 0 Å². The molecule has 0 amide bonds. The maximum absolute atomic E-state index is 4.72. The fourth-order valence-corrected chi connectivity index (χ4v) is 2.46. The van der Waals surface area contributed by atoms with Gasteiger partial charge in [-0.1, -0.05) is 13.8 Å². The molecule has 0 unspecified atom stereocenters. The van der Waals surface area contributed by atoms with Crippen molar-refractivity contribution in [3.63, 3.8) is 0 Å². The molecule has 1 N–H and O–H groups in total. The Labute approximate surface area is 111 Å². The first-order chi connectivity index (χ1) is 7.61. The van der Waals surface area contributed by atoms with Crippen molar-refractivity contribution in [1.29, 1.82) is 0 Å². The summed E-state index contributed by atoms with van der Waals surface area (Å²) in [5, 5.41) is 3.17. The SMILES string of the molecule is CNc1nc(C2CC2)nc(CC(C)C)c1I. The second-order valence-electron chi connectivity index (χ2n) is 4.81. The summed E-state index contributed by atoms with van der Waals surface area (Å²) in [6.07, 6.45) is 3.55. The van der Waals surface area contributed by atoms with E-state index in [-0.39, 0.29) is 0 Å². The summed E-state index contributed by atoms with van der Waals surface area (Å²) >= 11 is 2.35. The number of hydrogen-bond acceptors (Lipinski definition) is 3. The van der Waals surface area contributed by atoms with Crippen molar-refractivity contribution in [2.45, 2.75) is 39.0 Å². The summed E-state index contributed by atoms with van der Waals surface area (Å²) in [5.41, 5.74) is 1.21. The highest BCUT2D eigenvalue weighted by Gasteiger charge is 2.28. The standard InChI is InChI=1S/C12H18IN3/c1-7(2)6-9-10(13)12(14-3)16-11(15-9)8-4-5-8/h7-8H,4-6H2,1-3H3,(H,14,15,16). The molecule has 0 spiro atoms. The van der Waals surface area contributed by atoms with Gasteiger partial charge in [0.15, 0.2) is 0 Å². The van der Waals surface area contributed by atoms with Crippen molar-refractivity contribution >= 4 is 28.4 Å². The molecule has 3 nitrogen and oxygen atoms in total. The van der Waals surface area contributed by atoms with Crippen LogP contribution in [0.15, 0.2) is 0 Å². The highest BCUT2D eigenvalue weighted by atomic mass is 127. The molecule has 0 bridgehead atoms. The zero-order valence-electron chi connectivity index (χ0n) is 10.0. The van der Waals surface area contributed by atoms with Gasteiger partial charge in [0.1, 0.15) is 11.6 Å². The molecule has 16 heavy (non-hydrogen) atoms. The third kappa shape index (κ3) is 2.64. The van der Waals surface area contributed by atoms with E-state index in [1.165, 1.54) is 22.1 Å². The van der Waals surface area contributed by atoms with E-state index in [4.69, 9.17) is 4.98 Å². The highest BCUT2D eigenvalue weighted by Crippen LogP contribution is 2.39. The summed E-state index contributed by atoms with van der Waals surface area (Å²) in [6.45, 7) is 4.46. The summed E-state index contributed by atoms with van der Waals surface area (Å²) in [4.78, 5) is 9.32. The molecule has 4 heteroatoms. The summed E-state index contributed by atoms with van der Waals surface area (Å²) < 4.78 is 1.18. The van der Waals surface area contributed by atoms with Crippen molar-refractivity contribution in [3.8, 4) is 0 Å². The lowest BCUT2D eigenvalue weighted by Crippen LogP contribution is -2.09. The Morgan fingerprint density at radius 1 is 1.38 bits per heavy atom. The first-order valence-electron chi connectivity index (χ1n) is 5.86. The van der Waals surface area contributed by atoms with Crippen LogP contribution in [0.4, 0.5) is 5.82 Å². The zero-order valence-corrected chi connectivity index (χ0v) is 12.2. The van der Waals surface area contributed by atoms with Crippen molar-refractivity contribution in [3.05, 3.63) is 15.1 Å². The van der Waals surface area contributed by atoms with Crippen LogP contribution in [0.2, 0.25) is 0 Å².